The predicted molar refractivity (Wildman–Crippen MR) is 212 cm³/mol. The number of nitrogens with two attached hydrogens (primary N) is 3. The fourth-order valence-corrected chi connectivity index (χ4v) is 10.1. The average molecular weight is 865 g/mol. The zero-order valence-corrected chi connectivity index (χ0v) is 33.1. The summed E-state index contributed by atoms with van der Waals surface area (Å²) >= 11 is 18.2. The lowest BCUT2D eigenvalue weighted by molar-refractivity contribution is 0.278. The molecular weight excluding hydrogens is 838 g/mol. The molecule has 6 heterocycles. The lowest BCUT2D eigenvalue weighted by Crippen LogP contribution is -2.17. The number of nitrogens with zero attached hydrogens (tertiary/aromatic N) is 10. The number of thiazole rings is 2. The van der Waals surface area contributed by atoms with Crippen molar-refractivity contribution in [1.82, 2.24) is 49.0 Å². The van der Waals surface area contributed by atoms with Crippen molar-refractivity contribution < 1.29 is 17.7 Å². The second kappa shape index (κ2) is 16.4. The van der Waals surface area contributed by atoms with Crippen LogP contribution in [0.25, 0.3) is 42.8 Å². The number of hydrogen-bond acceptors (Lipinski definition) is 18. The lowest BCUT2D eigenvalue weighted by Gasteiger charge is -2.07. The molecular formula is C30H27Cl2N13O4S5. The third kappa shape index (κ3) is 8.46. The van der Waals surface area contributed by atoms with E-state index in [-0.39, 0.29) is 19.0 Å². The highest BCUT2D eigenvalue weighted by Gasteiger charge is 2.20. The van der Waals surface area contributed by atoms with Crippen LogP contribution in [-0.2, 0) is 27.6 Å². The second-order valence-electron chi connectivity index (χ2n) is 11.0. The van der Waals surface area contributed by atoms with Gasteiger partial charge in [0, 0.05) is 19.7 Å². The molecule has 54 heavy (non-hydrogen) atoms. The number of aliphatic hydroxyl groups excluding tert-OH is 1. The van der Waals surface area contributed by atoms with Gasteiger partial charge in [-0.15, -0.1) is 22.7 Å². The Morgan fingerprint density at radius 1 is 0.741 bits per heavy atom. The number of halogens is 2. The molecule has 0 radical (unpaired) electrons. The molecule has 0 aliphatic heterocycles. The first-order valence-electron chi connectivity index (χ1n) is 15.7. The van der Waals surface area contributed by atoms with Gasteiger partial charge >= 0.3 is 10.3 Å². The van der Waals surface area contributed by atoms with Gasteiger partial charge < -0.3 is 25.7 Å². The summed E-state index contributed by atoms with van der Waals surface area (Å²) in [5.41, 5.74) is 15.7. The van der Waals surface area contributed by atoms with Gasteiger partial charge in [-0.3, -0.25) is 4.18 Å². The maximum Gasteiger partial charge on any atom is 0.333 e. The lowest BCUT2D eigenvalue weighted by atomic mass is 10.3. The molecule has 7 N–H and O–H groups in total. The fourth-order valence-electron chi connectivity index (χ4n) is 5.09. The molecule has 0 aliphatic carbocycles. The topological polar surface area (TPSA) is 255 Å². The Morgan fingerprint density at radius 3 is 1.67 bits per heavy atom. The second-order valence-corrected chi connectivity index (χ2v) is 17.5. The summed E-state index contributed by atoms with van der Waals surface area (Å²) in [6.45, 7) is 0.981. The van der Waals surface area contributed by atoms with Crippen LogP contribution in [-0.4, -0.2) is 75.7 Å². The number of aliphatic hydroxyl groups is 1. The maximum atomic E-state index is 10.9. The molecule has 0 atom stereocenters. The summed E-state index contributed by atoms with van der Waals surface area (Å²) < 4.78 is 33.7. The van der Waals surface area contributed by atoms with Crippen molar-refractivity contribution in [2.24, 2.45) is 5.14 Å². The van der Waals surface area contributed by atoms with Crippen LogP contribution in [0.4, 0.5) is 11.6 Å². The van der Waals surface area contributed by atoms with Crippen molar-refractivity contribution >= 4 is 134 Å². The zero-order valence-electron chi connectivity index (χ0n) is 27.5. The minimum Gasteiger partial charge on any atom is -0.396 e. The molecule has 0 amide bonds. The first-order valence-corrected chi connectivity index (χ1v) is 21.2. The summed E-state index contributed by atoms with van der Waals surface area (Å²) in [6.07, 6.45) is 3.73. The average Bonchev–Trinajstić information content (AvgIpc) is 3.91. The van der Waals surface area contributed by atoms with Crippen molar-refractivity contribution in [3.63, 3.8) is 0 Å². The standard InChI is InChI=1S/C15H14ClN7O3S3.C15H13ClN6OS2/c16-8-3-1-4-9-11(8)27-15(21-9)28-14-22-10-12(17)19-7-20-13(10)23(14)5-2-6-26-29(18,24)25;16-8-3-1-4-9-11(8)24-15(20-9)25-14-21-10-12(17)18-7-19-13(10)22(14)5-2-6-23/h1,3-4,7H,2,5-6H2,(H2,17,19,20)(H2,18,24,25);1,3-4,7,23H,2,5-6H2,(H2,17,18,19). The van der Waals surface area contributed by atoms with Crippen molar-refractivity contribution in [3.8, 4) is 0 Å². The minimum absolute atomic E-state index is 0.0695. The Hall–Kier alpha value is -3.97. The first kappa shape index (κ1) is 38.3. The van der Waals surface area contributed by atoms with Gasteiger partial charge in [0.05, 0.1) is 37.1 Å². The molecule has 0 bridgehead atoms. The minimum atomic E-state index is -3.99. The van der Waals surface area contributed by atoms with E-state index < -0.39 is 10.3 Å². The quantitative estimate of drug-likeness (QED) is 0.108. The summed E-state index contributed by atoms with van der Waals surface area (Å²) in [7, 11) is -3.99. The number of aromatic nitrogens is 10. The van der Waals surface area contributed by atoms with Crippen molar-refractivity contribution in [3.05, 3.63) is 59.1 Å². The third-order valence-electron chi connectivity index (χ3n) is 7.42. The molecule has 0 saturated heterocycles. The van der Waals surface area contributed by atoms with Gasteiger partial charge in [-0.1, -0.05) is 35.3 Å². The molecule has 8 aromatic rings. The highest BCUT2D eigenvalue weighted by molar-refractivity contribution is 8.01. The third-order valence-corrected chi connectivity index (χ3v) is 13.1. The molecule has 2 aromatic carbocycles. The number of nitrogen functional groups attached to an aromatic ring is 2. The zero-order chi connectivity index (χ0) is 38.0. The van der Waals surface area contributed by atoms with Gasteiger partial charge in [0.2, 0.25) is 0 Å². The van der Waals surface area contributed by atoms with E-state index >= 15 is 0 Å². The van der Waals surface area contributed by atoms with E-state index in [0.717, 1.165) is 29.1 Å². The van der Waals surface area contributed by atoms with Gasteiger partial charge in [-0.2, -0.15) is 8.42 Å². The molecule has 0 saturated carbocycles. The Labute approximate surface area is 332 Å². The van der Waals surface area contributed by atoms with E-state index in [1.54, 1.807) is 0 Å². The fraction of sp³-hybridized carbons (Fsp3) is 0.200. The van der Waals surface area contributed by atoms with E-state index in [9.17, 15) is 13.5 Å². The van der Waals surface area contributed by atoms with E-state index in [2.05, 4.69) is 44.1 Å². The van der Waals surface area contributed by atoms with E-state index in [4.69, 9.17) is 39.8 Å². The van der Waals surface area contributed by atoms with E-state index in [1.807, 2.05) is 45.5 Å². The molecule has 6 aromatic heterocycles. The van der Waals surface area contributed by atoms with Crippen molar-refractivity contribution in [1.29, 1.82) is 0 Å². The smallest absolute Gasteiger partial charge is 0.333 e. The number of anilines is 2. The number of fused-ring (bicyclic) bond motifs is 4. The van der Waals surface area contributed by atoms with Crippen LogP contribution in [0.1, 0.15) is 12.8 Å². The summed E-state index contributed by atoms with van der Waals surface area (Å²) in [5.74, 6) is 0.589. The van der Waals surface area contributed by atoms with Crippen LogP contribution in [0.5, 0.6) is 0 Å². The van der Waals surface area contributed by atoms with Gasteiger partial charge in [-0.25, -0.2) is 45.0 Å². The van der Waals surface area contributed by atoms with Crippen LogP contribution in [0.2, 0.25) is 10.0 Å². The van der Waals surface area contributed by atoms with E-state index in [1.165, 1.54) is 58.9 Å². The Bertz CT molecular complexity index is 2740. The molecule has 0 unspecified atom stereocenters. The Kier molecular flexibility index (Phi) is 11.6. The molecule has 280 valence electrons. The molecule has 8 rings (SSSR count). The highest BCUT2D eigenvalue weighted by Crippen LogP contribution is 2.39. The van der Waals surface area contributed by atoms with Gasteiger partial charge in [0.1, 0.15) is 12.7 Å². The van der Waals surface area contributed by atoms with Crippen LogP contribution < -0.4 is 16.6 Å². The maximum absolute atomic E-state index is 10.9. The Balaban J connectivity index is 0.000000168. The number of hydrogen-bond donors (Lipinski definition) is 4. The van der Waals surface area contributed by atoms with Crippen LogP contribution in [0.3, 0.4) is 0 Å². The number of imidazole rings is 2. The van der Waals surface area contributed by atoms with Crippen LogP contribution >= 0.6 is 69.4 Å². The first-order chi connectivity index (χ1) is 26.0. The molecule has 0 fully saturated rings. The summed E-state index contributed by atoms with van der Waals surface area (Å²) in [6, 6.07) is 11.2. The molecule has 24 heteroatoms. The highest BCUT2D eigenvalue weighted by atomic mass is 35.5. The molecule has 0 spiro atoms. The van der Waals surface area contributed by atoms with Crippen molar-refractivity contribution in [2.75, 3.05) is 24.7 Å². The normalized spacial score (nSPS) is 11.9. The van der Waals surface area contributed by atoms with Crippen LogP contribution in [0, 0.1) is 0 Å². The monoisotopic (exact) mass is 863 g/mol. The van der Waals surface area contributed by atoms with Crippen LogP contribution in [0.15, 0.2) is 68.0 Å². The summed E-state index contributed by atoms with van der Waals surface area (Å²) in [5, 5.41) is 16.7. The van der Waals surface area contributed by atoms with Crippen molar-refractivity contribution in [2.45, 2.75) is 44.9 Å². The van der Waals surface area contributed by atoms with Gasteiger partial charge in [0.15, 0.2) is 53.0 Å². The number of benzene rings is 2. The van der Waals surface area contributed by atoms with Gasteiger partial charge in [-0.05, 0) is 60.6 Å². The Morgan fingerprint density at radius 2 is 1.22 bits per heavy atom. The SMILES string of the molecule is Nc1ncnc2c1nc(Sc1nc3cccc(Cl)c3s1)n2CCCO.Nc1ncnc2c1nc(Sc1nc3cccc(Cl)c3s1)n2CCCOS(N)(=O)=O. The number of rotatable bonds is 12. The predicted octanol–water partition coefficient (Wildman–Crippen LogP) is 5.64. The largest absolute Gasteiger partial charge is 0.396 e. The molecule has 17 nitrogen and oxygen atoms in total. The number of aryl methyl sites for hydroxylation is 2. The summed E-state index contributed by atoms with van der Waals surface area (Å²) in [4.78, 5) is 34.9. The van der Waals surface area contributed by atoms with Gasteiger partial charge in [0.25, 0.3) is 0 Å². The van der Waals surface area contributed by atoms with E-state index in [0.29, 0.717) is 74.4 Å². The molecule has 0 aliphatic rings.